The molecule has 146 valence electrons. The van der Waals surface area contributed by atoms with Crippen molar-refractivity contribution in [1.29, 1.82) is 0 Å². The van der Waals surface area contributed by atoms with E-state index in [1.54, 1.807) is 0 Å². The van der Waals surface area contributed by atoms with Crippen molar-refractivity contribution in [2.75, 3.05) is 26.2 Å². The van der Waals surface area contributed by atoms with Gasteiger partial charge in [0.2, 0.25) is 5.91 Å². The minimum Gasteiger partial charge on any atom is -0.341 e. The van der Waals surface area contributed by atoms with E-state index in [-0.39, 0.29) is 6.04 Å². The fourth-order valence-electron chi connectivity index (χ4n) is 6.30. The number of piperidine rings is 4. The summed E-state index contributed by atoms with van der Waals surface area (Å²) in [6, 6.07) is 12.4. The molecule has 0 unspecified atom stereocenters. The van der Waals surface area contributed by atoms with Crippen molar-refractivity contribution >= 4 is 5.91 Å². The molecule has 4 aliphatic heterocycles. The van der Waals surface area contributed by atoms with Crippen molar-refractivity contribution in [3.05, 3.63) is 35.9 Å². The Balaban J connectivity index is 1.31. The first kappa shape index (κ1) is 17.7. The lowest BCUT2D eigenvalue weighted by Gasteiger charge is -2.55. The van der Waals surface area contributed by atoms with Gasteiger partial charge < -0.3 is 10.2 Å². The summed E-state index contributed by atoms with van der Waals surface area (Å²) in [4.78, 5) is 18.1. The highest BCUT2D eigenvalue weighted by Crippen LogP contribution is 2.44. The molecule has 4 saturated heterocycles. The van der Waals surface area contributed by atoms with Crippen molar-refractivity contribution in [1.82, 2.24) is 15.1 Å². The maximum atomic E-state index is 13.1. The first-order valence-corrected chi connectivity index (χ1v) is 11.1. The zero-order valence-corrected chi connectivity index (χ0v) is 16.4. The van der Waals surface area contributed by atoms with Crippen LogP contribution in [0.1, 0.15) is 56.6 Å². The fourth-order valence-corrected chi connectivity index (χ4v) is 6.30. The molecule has 4 heterocycles. The quantitative estimate of drug-likeness (QED) is 0.872. The van der Waals surface area contributed by atoms with Crippen LogP contribution in [0.5, 0.6) is 0 Å². The number of nitrogens with zero attached hydrogens (tertiary/aromatic N) is 2. The Morgan fingerprint density at radius 1 is 0.963 bits per heavy atom. The Hall–Kier alpha value is -1.39. The first-order valence-electron chi connectivity index (χ1n) is 11.1. The summed E-state index contributed by atoms with van der Waals surface area (Å²) in [6.07, 6.45) is 8.67. The summed E-state index contributed by atoms with van der Waals surface area (Å²) in [5, 5.41) is 3.47. The number of rotatable bonds is 2. The highest BCUT2D eigenvalue weighted by atomic mass is 16.2. The van der Waals surface area contributed by atoms with Gasteiger partial charge in [0.1, 0.15) is 0 Å². The lowest BCUT2D eigenvalue weighted by atomic mass is 9.73. The number of hydrogen-bond donors (Lipinski definition) is 1. The van der Waals surface area contributed by atoms with E-state index in [0.29, 0.717) is 29.8 Å². The van der Waals surface area contributed by atoms with Gasteiger partial charge in [-0.25, -0.2) is 0 Å². The van der Waals surface area contributed by atoms with Crippen LogP contribution in [0, 0.1) is 11.8 Å². The van der Waals surface area contributed by atoms with E-state index >= 15 is 0 Å². The number of benzene rings is 1. The molecule has 0 spiro atoms. The minimum absolute atomic E-state index is 0.0807. The Morgan fingerprint density at radius 3 is 2.67 bits per heavy atom. The number of carbonyl (C=O) groups is 1. The second-order valence-electron chi connectivity index (χ2n) is 9.23. The third-order valence-electron chi connectivity index (χ3n) is 7.49. The van der Waals surface area contributed by atoms with E-state index in [4.69, 9.17) is 0 Å². The molecule has 1 aromatic carbocycles. The SMILES string of the molecule is O=C([C@H]1CCCCN1)N1C[C@@H]2C[C@H](C1)[C@@H]1CCC[C@H](c3ccccc3)N1C2. The maximum absolute atomic E-state index is 13.1. The lowest BCUT2D eigenvalue weighted by Crippen LogP contribution is -2.62. The van der Waals surface area contributed by atoms with Crippen molar-refractivity contribution in [2.24, 2.45) is 11.8 Å². The smallest absolute Gasteiger partial charge is 0.239 e. The van der Waals surface area contributed by atoms with Crippen LogP contribution < -0.4 is 5.32 Å². The van der Waals surface area contributed by atoms with Crippen LogP contribution >= 0.6 is 0 Å². The van der Waals surface area contributed by atoms with Crippen molar-refractivity contribution in [3.63, 3.8) is 0 Å². The van der Waals surface area contributed by atoms with E-state index in [9.17, 15) is 4.79 Å². The predicted octanol–water partition coefficient (Wildman–Crippen LogP) is 3.20. The van der Waals surface area contributed by atoms with Crippen LogP contribution in [0.3, 0.4) is 0 Å². The summed E-state index contributed by atoms with van der Waals surface area (Å²) in [7, 11) is 0. The standard InChI is InChI=1S/C23H33N3O/c27-23(20-9-4-5-12-24-20)25-14-17-13-19(16-25)22-11-6-10-21(26(22)15-17)18-7-2-1-3-8-18/h1-3,7-8,17,19-22,24H,4-6,9-16H2/t17-,19+,20+,21+,22-/m0/s1. The number of hydrogen-bond acceptors (Lipinski definition) is 3. The van der Waals surface area contributed by atoms with Crippen LogP contribution in [-0.2, 0) is 4.79 Å². The summed E-state index contributed by atoms with van der Waals surface area (Å²) < 4.78 is 0. The number of fused-ring (bicyclic) bond motifs is 4. The van der Waals surface area contributed by atoms with Gasteiger partial charge in [-0.3, -0.25) is 9.69 Å². The molecule has 4 heteroatoms. The van der Waals surface area contributed by atoms with Gasteiger partial charge in [0, 0.05) is 31.7 Å². The van der Waals surface area contributed by atoms with Gasteiger partial charge in [0.05, 0.1) is 6.04 Å². The average molecular weight is 368 g/mol. The summed E-state index contributed by atoms with van der Waals surface area (Å²) in [6.45, 7) is 4.13. The molecule has 1 aromatic rings. The van der Waals surface area contributed by atoms with Gasteiger partial charge in [0.15, 0.2) is 0 Å². The maximum Gasteiger partial charge on any atom is 0.239 e. The molecule has 5 atom stereocenters. The fraction of sp³-hybridized carbons (Fsp3) is 0.696. The van der Waals surface area contributed by atoms with E-state index in [1.165, 1.54) is 50.6 Å². The Bertz CT molecular complexity index is 657. The number of carbonyl (C=O) groups excluding carboxylic acids is 1. The second kappa shape index (κ2) is 7.56. The van der Waals surface area contributed by atoms with Gasteiger partial charge in [-0.1, -0.05) is 36.8 Å². The molecular weight excluding hydrogens is 334 g/mol. The summed E-state index contributed by atoms with van der Waals surface area (Å²) >= 11 is 0. The van der Waals surface area contributed by atoms with Gasteiger partial charge in [0.25, 0.3) is 0 Å². The molecule has 27 heavy (non-hydrogen) atoms. The topological polar surface area (TPSA) is 35.6 Å². The van der Waals surface area contributed by atoms with Crippen molar-refractivity contribution < 1.29 is 4.79 Å². The second-order valence-corrected chi connectivity index (χ2v) is 9.23. The van der Waals surface area contributed by atoms with Gasteiger partial charge >= 0.3 is 0 Å². The number of nitrogens with one attached hydrogen (secondary N) is 1. The van der Waals surface area contributed by atoms with E-state index < -0.39 is 0 Å². The third kappa shape index (κ3) is 3.42. The van der Waals surface area contributed by atoms with Gasteiger partial charge in [-0.2, -0.15) is 0 Å². The van der Waals surface area contributed by atoms with Crippen molar-refractivity contribution in [3.8, 4) is 0 Å². The normalized spacial score (nSPS) is 36.9. The molecule has 4 fully saturated rings. The molecular formula is C23H33N3O. The Labute approximate surface area is 163 Å². The largest absolute Gasteiger partial charge is 0.341 e. The monoisotopic (exact) mass is 367 g/mol. The predicted molar refractivity (Wildman–Crippen MR) is 107 cm³/mol. The molecule has 4 aliphatic rings. The molecule has 2 bridgehead atoms. The molecule has 0 aliphatic carbocycles. The van der Waals surface area contributed by atoms with E-state index in [2.05, 4.69) is 45.4 Å². The Morgan fingerprint density at radius 2 is 1.85 bits per heavy atom. The van der Waals surface area contributed by atoms with Crippen LogP contribution in [-0.4, -0.2) is 54.0 Å². The summed E-state index contributed by atoms with van der Waals surface area (Å²) in [5.41, 5.74) is 1.49. The molecule has 4 nitrogen and oxygen atoms in total. The summed E-state index contributed by atoms with van der Waals surface area (Å²) in [5.74, 6) is 1.70. The van der Waals surface area contributed by atoms with Crippen LogP contribution in [0.2, 0.25) is 0 Å². The van der Waals surface area contributed by atoms with Crippen LogP contribution in [0.25, 0.3) is 0 Å². The minimum atomic E-state index is 0.0807. The average Bonchev–Trinajstić information content (AvgIpc) is 2.74. The lowest BCUT2D eigenvalue weighted by molar-refractivity contribution is -0.141. The number of amides is 1. The van der Waals surface area contributed by atoms with E-state index in [0.717, 1.165) is 26.1 Å². The van der Waals surface area contributed by atoms with Crippen LogP contribution in [0.4, 0.5) is 0 Å². The first-order chi connectivity index (χ1) is 13.3. The molecule has 1 amide bonds. The van der Waals surface area contributed by atoms with Crippen molar-refractivity contribution in [2.45, 2.75) is 63.1 Å². The molecule has 0 aromatic heterocycles. The van der Waals surface area contributed by atoms with Gasteiger partial charge in [-0.05, 0) is 62.5 Å². The van der Waals surface area contributed by atoms with E-state index in [1.807, 2.05) is 0 Å². The van der Waals surface area contributed by atoms with Crippen LogP contribution in [0.15, 0.2) is 30.3 Å². The molecule has 0 saturated carbocycles. The highest BCUT2D eigenvalue weighted by molar-refractivity contribution is 5.82. The highest BCUT2D eigenvalue weighted by Gasteiger charge is 2.46. The Kier molecular flexibility index (Phi) is 4.95. The molecule has 5 rings (SSSR count). The molecule has 0 radical (unpaired) electrons. The molecule has 1 N–H and O–H groups in total. The van der Waals surface area contributed by atoms with Gasteiger partial charge in [-0.15, -0.1) is 0 Å². The zero-order chi connectivity index (χ0) is 18.2. The zero-order valence-electron chi connectivity index (χ0n) is 16.4. The third-order valence-corrected chi connectivity index (χ3v) is 7.49. The number of likely N-dealkylation sites (tertiary alicyclic amines) is 1.